The van der Waals surface area contributed by atoms with Crippen molar-refractivity contribution in [1.82, 2.24) is 19.8 Å². The van der Waals surface area contributed by atoms with Crippen molar-refractivity contribution in [2.45, 2.75) is 27.3 Å². The molecule has 2 saturated heterocycles. The lowest BCUT2D eigenvalue weighted by molar-refractivity contribution is -0.139. The number of nitrogens with one attached hydrogen (secondary N) is 1. The average Bonchev–Trinajstić information content (AvgIpc) is 2.79. The molecule has 1 amide bonds. The van der Waals surface area contributed by atoms with E-state index in [9.17, 15) is 9.59 Å². The molecule has 2 aliphatic heterocycles. The maximum absolute atomic E-state index is 12.5. The van der Waals surface area contributed by atoms with Crippen molar-refractivity contribution in [3.8, 4) is 0 Å². The van der Waals surface area contributed by atoms with Gasteiger partial charge in [-0.25, -0.2) is 4.98 Å². The Bertz CT molecular complexity index is 1030. The van der Waals surface area contributed by atoms with E-state index in [1.807, 2.05) is 43.9 Å². The third kappa shape index (κ3) is 5.68. The first-order valence-electron chi connectivity index (χ1n) is 11.6. The predicted molar refractivity (Wildman–Crippen MR) is 132 cm³/mol. The van der Waals surface area contributed by atoms with Crippen LogP contribution < -0.4 is 15.4 Å². The van der Waals surface area contributed by atoms with Gasteiger partial charge in [0.05, 0.1) is 16.4 Å². The lowest BCUT2D eigenvalue weighted by atomic mass is 9.94. The summed E-state index contributed by atoms with van der Waals surface area (Å²) in [5, 5.41) is 0.774. The van der Waals surface area contributed by atoms with Crippen LogP contribution in [0.5, 0.6) is 0 Å². The minimum absolute atomic E-state index is 0.141. The van der Waals surface area contributed by atoms with Crippen molar-refractivity contribution in [3.63, 3.8) is 0 Å². The van der Waals surface area contributed by atoms with Crippen LogP contribution in [-0.4, -0.2) is 78.0 Å². The van der Waals surface area contributed by atoms with Crippen molar-refractivity contribution in [2.24, 2.45) is 5.41 Å². The molecule has 178 valence electrons. The van der Waals surface area contributed by atoms with Gasteiger partial charge in [0, 0.05) is 70.4 Å². The number of halogens is 1. The molecular formula is C24H33ClN6O2. The summed E-state index contributed by atoms with van der Waals surface area (Å²) in [4.78, 5) is 41.1. The largest absolute Gasteiger partial charge is 0.368 e. The first-order valence-corrected chi connectivity index (χ1v) is 11.9. The number of piperazine rings is 2. The average molecular weight is 473 g/mol. The number of carbonyl (C=O) groups is 1. The van der Waals surface area contributed by atoms with Gasteiger partial charge in [-0.15, -0.1) is 0 Å². The van der Waals surface area contributed by atoms with Crippen LogP contribution in [0.25, 0.3) is 0 Å². The summed E-state index contributed by atoms with van der Waals surface area (Å²) in [7, 11) is 0. The first-order chi connectivity index (χ1) is 15.7. The van der Waals surface area contributed by atoms with Gasteiger partial charge in [-0.2, -0.15) is 0 Å². The van der Waals surface area contributed by atoms with E-state index < -0.39 is 0 Å². The zero-order valence-electron chi connectivity index (χ0n) is 19.7. The smallest absolute Gasteiger partial charge is 0.252 e. The van der Waals surface area contributed by atoms with Crippen LogP contribution in [0, 0.1) is 5.41 Å². The van der Waals surface area contributed by atoms with Crippen molar-refractivity contribution >= 4 is 29.1 Å². The second-order valence-electron chi connectivity index (χ2n) is 9.80. The highest BCUT2D eigenvalue weighted by atomic mass is 35.5. The lowest BCUT2D eigenvalue weighted by Crippen LogP contribution is -2.52. The van der Waals surface area contributed by atoms with Gasteiger partial charge in [0.2, 0.25) is 11.9 Å². The van der Waals surface area contributed by atoms with Gasteiger partial charge in [0.15, 0.2) is 0 Å². The van der Waals surface area contributed by atoms with E-state index in [2.05, 4.69) is 25.8 Å². The first kappa shape index (κ1) is 23.6. The molecule has 33 heavy (non-hydrogen) atoms. The number of aromatic amines is 1. The number of carbonyl (C=O) groups excluding carboxylic acids is 1. The maximum atomic E-state index is 12.5. The molecule has 2 fully saturated rings. The number of anilines is 2. The van der Waals surface area contributed by atoms with Crippen molar-refractivity contribution in [2.75, 3.05) is 62.2 Å². The quantitative estimate of drug-likeness (QED) is 0.736. The molecule has 8 nitrogen and oxygen atoms in total. The number of benzene rings is 1. The Kier molecular flexibility index (Phi) is 6.95. The van der Waals surface area contributed by atoms with E-state index in [-0.39, 0.29) is 16.9 Å². The molecule has 9 heteroatoms. The number of amides is 1. The summed E-state index contributed by atoms with van der Waals surface area (Å²) < 4.78 is 0. The molecule has 1 aromatic carbocycles. The molecule has 3 heterocycles. The molecule has 2 aliphatic rings. The number of H-pyrrole nitrogens is 1. The summed E-state index contributed by atoms with van der Waals surface area (Å²) >= 11 is 6.35. The molecule has 0 spiro atoms. The van der Waals surface area contributed by atoms with E-state index in [1.165, 1.54) is 0 Å². The van der Waals surface area contributed by atoms with E-state index in [0.29, 0.717) is 38.7 Å². The van der Waals surface area contributed by atoms with Crippen LogP contribution in [0.15, 0.2) is 35.1 Å². The van der Waals surface area contributed by atoms with Gasteiger partial charge in [0.25, 0.3) is 5.56 Å². The van der Waals surface area contributed by atoms with E-state index in [1.54, 1.807) is 6.07 Å². The minimum atomic E-state index is -0.384. The Morgan fingerprint density at radius 3 is 2.27 bits per heavy atom. The Labute approximate surface area is 200 Å². The Morgan fingerprint density at radius 1 is 1.00 bits per heavy atom. The fraction of sp³-hybridized carbons (Fsp3) is 0.542. The van der Waals surface area contributed by atoms with Crippen LogP contribution >= 0.6 is 11.6 Å². The number of nitrogens with zero attached hydrogens (tertiary/aromatic N) is 5. The van der Waals surface area contributed by atoms with Crippen LogP contribution in [0.3, 0.4) is 0 Å². The summed E-state index contributed by atoms with van der Waals surface area (Å²) in [5.41, 5.74) is 1.32. The molecule has 0 bridgehead atoms. The predicted octanol–water partition coefficient (Wildman–Crippen LogP) is 2.44. The van der Waals surface area contributed by atoms with E-state index in [4.69, 9.17) is 16.6 Å². The molecule has 0 radical (unpaired) electrons. The lowest BCUT2D eigenvalue weighted by Gasteiger charge is -2.38. The molecule has 2 aromatic rings. The molecule has 0 atom stereocenters. The zero-order chi connectivity index (χ0) is 23.6. The summed E-state index contributed by atoms with van der Waals surface area (Å²) in [6.45, 7) is 12.6. The minimum Gasteiger partial charge on any atom is -0.368 e. The normalized spacial score (nSPS) is 18.0. The molecule has 1 aromatic heterocycles. The number of hydrogen-bond donors (Lipinski definition) is 1. The number of para-hydroxylation sites is 1. The highest BCUT2D eigenvalue weighted by molar-refractivity contribution is 6.33. The van der Waals surface area contributed by atoms with Crippen molar-refractivity contribution in [1.29, 1.82) is 0 Å². The summed E-state index contributed by atoms with van der Waals surface area (Å²) in [6.07, 6.45) is 0. The Morgan fingerprint density at radius 2 is 1.64 bits per heavy atom. The number of hydrogen-bond acceptors (Lipinski definition) is 6. The Balaban J connectivity index is 1.35. The fourth-order valence-corrected chi connectivity index (χ4v) is 4.66. The van der Waals surface area contributed by atoms with Crippen LogP contribution in [0.2, 0.25) is 5.02 Å². The van der Waals surface area contributed by atoms with Gasteiger partial charge in [0.1, 0.15) is 0 Å². The zero-order valence-corrected chi connectivity index (χ0v) is 20.4. The molecule has 1 N–H and O–H groups in total. The SMILES string of the molecule is CC(C)(C)C(=O)N1CCN(c2nc(CN3CCN(c4ccccc4Cl)CC3)cc(=O)[nH]2)CC1. The second kappa shape index (κ2) is 9.73. The molecular weight excluding hydrogens is 440 g/mol. The monoisotopic (exact) mass is 472 g/mol. The van der Waals surface area contributed by atoms with Gasteiger partial charge in [-0.3, -0.25) is 19.5 Å². The van der Waals surface area contributed by atoms with Crippen molar-refractivity contribution < 1.29 is 4.79 Å². The third-order valence-corrected chi connectivity index (χ3v) is 6.56. The highest BCUT2D eigenvalue weighted by Crippen LogP contribution is 2.26. The van der Waals surface area contributed by atoms with Gasteiger partial charge in [-0.05, 0) is 12.1 Å². The third-order valence-electron chi connectivity index (χ3n) is 6.24. The topological polar surface area (TPSA) is 75.8 Å². The molecule has 0 saturated carbocycles. The maximum Gasteiger partial charge on any atom is 0.252 e. The molecule has 0 aliphatic carbocycles. The fourth-order valence-electron chi connectivity index (χ4n) is 4.40. The van der Waals surface area contributed by atoms with Crippen LogP contribution in [-0.2, 0) is 11.3 Å². The highest BCUT2D eigenvalue weighted by Gasteiger charge is 2.30. The second-order valence-corrected chi connectivity index (χ2v) is 10.2. The van der Waals surface area contributed by atoms with E-state index >= 15 is 0 Å². The van der Waals surface area contributed by atoms with Crippen LogP contribution in [0.1, 0.15) is 26.5 Å². The molecule has 0 unspecified atom stereocenters. The van der Waals surface area contributed by atoms with Crippen molar-refractivity contribution in [3.05, 3.63) is 51.4 Å². The molecule has 4 rings (SSSR count). The van der Waals surface area contributed by atoms with Gasteiger partial charge < -0.3 is 14.7 Å². The van der Waals surface area contributed by atoms with Crippen LogP contribution in [0.4, 0.5) is 11.6 Å². The van der Waals surface area contributed by atoms with E-state index in [0.717, 1.165) is 42.6 Å². The van der Waals surface area contributed by atoms with Gasteiger partial charge >= 0.3 is 0 Å². The summed E-state index contributed by atoms with van der Waals surface area (Å²) in [5.74, 6) is 0.753. The standard InChI is InChI=1S/C24H33ClN6O2/c1-24(2,3)22(33)30-12-14-31(15-13-30)23-26-18(16-21(32)27-23)17-28-8-10-29(11-9-28)20-7-5-4-6-19(20)25/h4-7,16H,8-15,17H2,1-3H3,(H,26,27,32). The number of aromatic nitrogens is 2. The summed E-state index contributed by atoms with van der Waals surface area (Å²) in [6, 6.07) is 9.51. The Hall–Kier alpha value is -2.58. The number of rotatable bonds is 4. The van der Waals surface area contributed by atoms with Gasteiger partial charge in [-0.1, -0.05) is 44.5 Å².